The molecule has 0 radical (unpaired) electrons. The molecule has 0 spiro atoms. The lowest BCUT2D eigenvalue weighted by molar-refractivity contribution is 0.0224. The highest BCUT2D eigenvalue weighted by Gasteiger charge is 2.26. The summed E-state index contributed by atoms with van der Waals surface area (Å²) in [5.41, 5.74) is 2.99. The van der Waals surface area contributed by atoms with Crippen LogP contribution in [0.3, 0.4) is 0 Å². The quantitative estimate of drug-likeness (QED) is 0.373. The van der Waals surface area contributed by atoms with Gasteiger partial charge in [0.1, 0.15) is 27.5 Å². The standard InChI is InChI=1S/C27H30N8O4S/c1-15(32-24(37)21-19-11-31-34(5)22(19)30-14-29-21)25-28-12-20(40-25)23(36)33-18-7-6-17-13-35(9-8-16(17)10-18)26(38)39-27(2,3)4/h6-7,10-12,14-15H,8-9,13H2,1-5H3,(H,32,37)(H,33,36). The molecule has 12 nitrogen and oxygen atoms in total. The van der Waals surface area contributed by atoms with Gasteiger partial charge in [0.15, 0.2) is 5.65 Å². The third-order valence-corrected chi connectivity index (χ3v) is 7.52. The molecule has 4 heterocycles. The Bertz CT molecular complexity index is 1610. The summed E-state index contributed by atoms with van der Waals surface area (Å²) in [5, 5.41) is 11.1. The van der Waals surface area contributed by atoms with Crippen LogP contribution in [0.25, 0.3) is 11.0 Å². The lowest BCUT2D eigenvalue weighted by atomic mass is 9.99. The van der Waals surface area contributed by atoms with Gasteiger partial charge in [0.25, 0.3) is 11.8 Å². The number of nitrogens with zero attached hydrogens (tertiary/aromatic N) is 6. The minimum absolute atomic E-state index is 0.223. The molecule has 1 aliphatic rings. The summed E-state index contributed by atoms with van der Waals surface area (Å²) in [6.45, 7) is 8.34. The van der Waals surface area contributed by atoms with Crippen molar-refractivity contribution < 1.29 is 19.1 Å². The first-order valence-electron chi connectivity index (χ1n) is 12.8. The fraction of sp³-hybridized carbons (Fsp3) is 0.370. The number of rotatable bonds is 5. The first kappa shape index (κ1) is 27.2. The lowest BCUT2D eigenvalue weighted by Gasteiger charge is -2.31. The van der Waals surface area contributed by atoms with E-state index in [0.29, 0.717) is 46.1 Å². The van der Waals surface area contributed by atoms with Crippen molar-refractivity contribution in [2.75, 3.05) is 11.9 Å². The normalized spacial score (nSPS) is 14.0. The number of aryl methyl sites for hydroxylation is 1. The van der Waals surface area contributed by atoms with Crippen LogP contribution >= 0.6 is 11.3 Å². The van der Waals surface area contributed by atoms with Gasteiger partial charge in [0, 0.05) is 25.8 Å². The Kier molecular flexibility index (Phi) is 7.23. The number of benzene rings is 1. The molecule has 1 aromatic carbocycles. The third kappa shape index (κ3) is 5.78. The average Bonchev–Trinajstić information content (AvgIpc) is 3.55. The van der Waals surface area contributed by atoms with E-state index in [0.717, 1.165) is 11.1 Å². The summed E-state index contributed by atoms with van der Waals surface area (Å²) in [4.78, 5) is 53.0. The molecular formula is C27H30N8O4S. The number of carbonyl (C=O) groups excluding carboxylic acids is 3. The number of fused-ring (bicyclic) bond motifs is 2. The van der Waals surface area contributed by atoms with E-state index >= 15 is 0 Å². The molecule has 40 heavy (non-hydrogen) atoms. The fourth-order valence-corrected chi connectivity index (χ4v) is 5.18. The van der Waals surface area contributed by atoms with E-state index in [2.05, 4.69) is 30.7 Å². The number of hydrogen-bond donors (Lipinski definition) is 2. The van der Waals surface area contributed by atoms with E-state index in [1.165, 1.54) is 23.9 Å². The van der Waals surface area contributed by atoms with Crippen molar-refractivity contribution in [2.24, 2.45) is 7.05 Å². The minimum atomic E-state index is -0.547. The molecule has 0 saturated heterocycles. The molecule has 0 bridgehead atoms. The first-order valence-corrected chi connectivity index (χ1v) is 13.6. The molecule has 4 aromatic rings. The van der Waals surface area contributed by atoms with Gasteiger partial charge in [-0.2, -0.15) is 5.10 Å². The topological polar surface area (TPSA) is 144 Å². The van der Waals surface area contributed by atoms with Gasteiger partial charge >= 0.3 is 6.09 Å². The van der Waals surface area contributed by atoms with Crippen LogP contribution in [0.5, 0.6) is 0 Å². The Hall–Kier alpha value is -4.39. The zero-order chi connectivity index (χ0) is 28.6. The van der Waals surface area contributed by atoms with E-state index in [9.17, 15) is 14.4 Å². The van der Waals surface area contributed by atoms with Gasteiger partial charge in [-0.15, -0.1) is 11.3 Å². The lowest BCUT2D eigenvalue weighted by Crippen LogP contribution is -2.39. The van der Waals surface area contributed by atoms with E-state index < -0.39 is 11.6 Å². The smallest absolute Gasteiger partial charge is 0.410 e. The molecule has 13 heteroatoms. The van der Waals surface area contributed by atoms with Crippen LogP contribution in [-0.2, 0) is 24.8 Å². The summed E-state index contributed by atoms with van der Waals surface area (Å²) in [6.07, 6.45) is 4.71. The molecule has 0 aliphatic carbocycles. The second-order valence-electron chi connectivity index (χ2n) is 10.6. The highest BCUT2D eigenvalue weighted by atomic mass is 32.1. The summed E-state index contributed by atoms with van der Waals surface area (Å²) < 4.78 is 7.06. The summed E-state index contributed by atoms with van der Waals surface area (Å²) >= 11 is 1.20. The van der Waals surface area contributed by atoms with Gasteiger partial charge in [-0.25, -0.2) is 19.7 Å². The van der Waals surface area contributed by atoms with Crippen LogP contribution in [0.15, 0.2) is 36.9 Å². The Balaban J connectivity index is 1.21. The number of carbonyl (C=O) groups is 3. The third-order valence-electron chi connectivity index (χ3n) is 6.34. The molecule has 1 aliphatic heterocycles. The van der Waals surface area contributed by atoms with E-state index in [1.807, 2.05) is 39.0 Å². The van der Waals surface area contributed by atoms with Crippen molar-refractivity contribution in [3.8, 4) is 0 Å². The Labute approximate surface area is 234 Å². The Morgan fingerprint density at radius 3 is 2.65 bits per heavy atom. The van der Waals surface area contributed by atoms with Crippen LogP contribution < -0.4 is 10.6 Å². The molecule has 1 unspecified atom stereocenters. The summed E-state index contributed by atoms with van der Waals surface area (Å²) in [7, 11) is 1.74. The van der Waals surface area contributed by atoms with E-state index in [-0.39, 0.29) is 23.6 Å². The zero-order valence-electron chi connectivity index (χ0n) is 22.9. The van der Waals surface area contributed by atoms with Crippen molar-refractivity contribution in [2.45, 2.75) is 52.3 Å². The van der Waals surface area contributed by atoms with Gasteiger partial charge in [-0.05, 0) is 57.4 Å². The van der Waals surface area contributed by atoms with Crippen LogP contribution in [0.4, 0.5) is 10.5 Å². The Morgan fingerprint density at radius 2 is 1.88 bits per heavy atom. The Morgan fingerprint density at radius 1 is 1.07 bits per heavy atom. The molecule has 5 rings (SSSR count). The van der Waals surface area contributed by atoms with Gasteiger partial charge < -0.3 is 20.3 Å². The molecule has 1 atom stereocenters. The molecule has 3 amide bonds. The molecule has 0 fully saturated rings. The molecule has 2 N–H and O–H groups in total. The SMILES string of the molecule is CC(NC(=O)c1ncnc2c1cnn2C)c1ncc(C(=O)Nc2ccc3c(c2)CCN(C(=O)OC(C)(C)C)C3)s1. The molecule has 0 saturated carbocycles. The number of amides is 3. The number of aromatic nitrogens is 5. The van der Waals surface area contributed by atoms with Gasteiger partial charge in [-0.3, -0.25) is 14.3 Å². The highest BCUT2D eigenvalue weighted by molar-refractivity contribution is 7.13. The second kappa shape index (κ2) is 10.6. The average molecular weight is 563 g/mol. The van der Waals surface area contributed by atoms with Gasteiger partial charge in [0.2, 0.25) is 0 Å². The summed E-state index contributed by atoms with van der Waals surface area (Å²) in [5.74, 6) is -0.672. The van der Waals surface area contributed by atoms with E-state index in [4.69, 9.17) is 4.74 Å². The van der Waals surface area contributed by atoms with Crippen molar-refractivity contribution >= 4 is 46.0 Å². The van der Waals surface area contributed by atoms with Crippen LogP contribution in [0.2, 0.25) is 0 Å². The predicted molar refractivity (Wildman–Crippen MR) is 149 cm³/mol. The van der Waals surface area contributed by atoms with Crippen molar-refractivity contribution in [3.05, 3.63) is 63.6 Å². The maximum atomic E-state index is 13.0. The summed E-state index contributed by atoms with van der Waals surface area (Å²) in [6, 6.07) is 5.23. The second-order valence-corrected chi connectivity index (χ2v) is 11.6. The zero-order valence-corrected chi connectivity index (χ0v) is 23.7. The van der Waals surface area contributed by atoms with E-state index in [1.54, 1.807) is 29.7 Å². The number of nitrogens with one attached hydrogen (secondary N) is 2. The first-order chi connectivity index (χ1) is 19.0. The monoisotopic (exact) mass is 562 g/mol. The number of anilines is 1. The van der Waals surface area contributed by atoms with Crippen molar-refractivity contribution in [1.82, 2.24) is 34.9 Å². The fourth-order valence-electron chi connectivity index (χ4n) is 4.37. The van der Waals surface area contributed by atoms with Crippen LogP contribution in [0.1, 0.15) is 70.0 Å². The van der Waals surface area contributed by atoms with Crippen molar-refractivity contribution in [1.29, 1.82) is 0 Å². The van der Waals surface area contributed by atoms with Gasteiger partial charge in [-0.1, -0.05) is 6.07 Å². The van der Waals surface area contributed by atoms with Gasteiger partial charge in [0.05, 0.1) is 23.8 Å². The van der Waals surface area contributed by atoms with Crippen molar-refractivity contribution in [3.63, 3.8) is 0 Å². The number of thiazole rings is 1. The molecule has 208 valence electrons. The molecular weight excluding hydrogens is 532 g/mol. The number of ether oxygens (including phenoxy) is 1. The maximum Gasteiger partial charge on any atom is 0.410 e. The highest BCUT2D eigenvalue weighted by Crippen LogP contribution is 2.26. The largest absolute Gasteiger partial charge is 0.444 e. The number of hydrogen-bond acceptors (Lipinski definition) is 9. The molecule has 3 aromatic heterocycles. The van der Waals surface area contributed by atoms with Crippen LogP contribution in [-0.4, -0.2) is 59.7 Å². The predicted octanol–water partition coefficient (Wildman–Crippen LogP) is 3.86. The minimum Gasteiger partial charge on any atom is -0.444 e. The maximum absolute atomic E-state index is 13.0. The van der Waals surface area contributed by atoms with Crippen LogP contribution in [0, 0.1) is 0 Å².